The highest BCUT2D eigenvalue weighted by Crippen LogP contribution is 2.57. The average molecular weight is 455 g/mol. The van der Waals surface area contributed by atoms with E-state index >= 15 is 0 Å². The highest BCUT2D eigenvalue weighted by molar-refractivity contribution is 7.97. The fraction of sp³-hybridized carbons (Fsp3) is 0.0385. The Morgan fingerprint density at radius 2 is 1.39 bits per heavy atom. The molecule has 0 saturated heterocycles. The van der Waals surface area contributed by atoms with Crippen LogP contribution in [0.25, 0.3) is 11.1 Å². The van der Waals surface area contributed by atoms with E-state index < -0.39 is 11.6 Å². The van der Waals surface area contributed by atoms with E-state index in [1.54, 1.807) is 12.1 Å². The van der Waals surface area contributed by atoms with Crippen molar-refractivity contribution in [2.24, 2.45) is 5.14 Å². The van der Waals surface area contributed by atoms with Crippen molar-refractivity contribution in [3.63, 3.8) is 0 Å². The van der Waals surface area contributed by atoms with Gasteiger partial charge in [-0.15, -0.1) is 0 Å². The summed E-state index contributed by atoms with van der Waals surface area (Å²) in [7, 11) is 0. The zero-order chi connectivity index (χ0) is 22.7. The molecule has 1 spiro atoms. The van der Waals surface area contributed by atoms with Gasteiger partial charge in [-0.05, 0) is 59.5 Å². The van der Waals surface area contributed by atoms with Gasteiger partial charge < -0.3 is 19.7 Å². The number of ether oxygens (including phenoxy) is 2. The van der Waals surface area contributed by atoms with Gasteiger partial charge >= 0.3 is 5.97 Å². The predicted octanol–water partition coefficient (Wildman–Crippen LogP) is 5.30. The van der Waals surface area contributed by atoms with Gasteiger partial charge in [0.25, 0.3) is 0 Å². The third-order valence-electron chi connectivity index (χ3n) is 6.10. The van der Waals surface area contributed by atoms with Gasteiger partial charge in [-0.2, -0.15) is 0 Å². The molecule has 33 heavy (non-hydrogen) atoms. The van der Waals surface area contributed by atoms with Gasteiger partial charge in [0.15, 0.2) is 5.60 Å². The Bertz CT molecular complexity index is 1410. The minimum atomic E-state index is -1.27. The molecule has 0 amide bonds. The lowest BCUT2D eigenvalue weighted by Crippen LogP contribution is -2.32. The van der Waals surface area contributed by atoms with E-state index in [-0.39, 0.29) is 11.5 Å². The summed E-state index contributed by atoms with van der Waals surface area (Å²) in [5, 5.41) is 25.9. The van der Waals surface area contributed by atoms with Crippen LogP contribution in [0.3, 0.4) is 0 Å². The number of rotatable bonds is 2. The van der Waals surface area contributed by atoms with E-state index in [1.807, 2.05) is 42.5 Å². The standard InChI is InChI=1S/C26H17NO5S/c27-33-24-4-2-1-3-17(24)14-5-8-19-18(11-14)25(30)32-26(19)20-9-6-15(28)12-22(20)31-23-13-16(29)7-10-21(23)26/h1-13,28-29H,27H2. The maximum atomic E-state index is 13.2. The van der Waals surface area contributed by atoms with Gasteiger partial charge in [-0.3, -0.25) is 5.14 Å². The van der Waals surface area contributed by atoms with Crippen LogP contribution in [0.15, 0.2) is 83.8 Å². The number of hydrogen-bond acceptors (Lipinski definition) is 7. The molecular formula is C26H17NO5S. The Labute approximate surface area is 193 Å². The van der Waals surface area contributed by atoms with Gasteiger partial charge in [0.05, 0.1) is 5.56 Å². The first-order valence-corrected chi connectivity index (χ1v) is 11.1. The Morgan fingerprint density at radius 1 is 0.758 bits per heavy atom. The average Bonchev–Trinajstić information content (AvgIpc) is 3.11. The number of nitrogens with two attached hydrogens (primary N) is 1. The van der Waals surface area contributed by atoms with Crippen LogP contribution in [0.4, 0.5) is 0 Å². The molecule has 7 heteroatoms. The first-order chi connectivity index (χ1) is 16.0. The third kappa shape index (κ3) is 2.76. The van der Waals surface area contributed by atoms with Crippen molar-refractivity contribution in [3.8, 4) is 34.1 Å². The summed E-state index contributed by atoms with van der Waals surface area (Å²) in [4.78, 5) is 14.1. The molecule has 0 bridgehead atoms. The molecule has 162 valence electrons. The van der Waals surface area contributed by atoms with Crippen molar-refractivity contribution in [2.45, 2.75) is 10.5 Å². The van der Waals surface area contributed by atoms with Crippen LogP contribution in [0.5, 0.6) is 23.0 Å². The van der Waals surface area contributed by atoms with Crippen molar-refractivity contribution in [2.75, 3.05) is 0 Å². The topological polar surface area (TPSA) is 102 Å². The van der Waals surface area contributed by atoms with Crippen LogP contribution < -0.4 is 9.88 Å². The van der Waals surface area contributed by atoms with E-state index in [0.29, 0.717) is 33.8 Å². The van der Waals surface area contributed by atoms with Crippen molar-refractivity contribution in [3.05, 3.63) is 101 Å². The van der Waals surface area contributed by atoms with Crippen molar-refractivity contribution in [1.82, 2.24) is 0 Å². The first-order valence-electron chi connectivity index (χ1n) is 10.2. The summed E-state index contributed by atoms with van der Waals surface area (Å²) < 4.78 is 12.1. The Balaban J connectivity index is 1.62. The van der Waals surface area contributed by atoms with Crippen LogP contribution in [-0.4, -0.2) is 16.2 Å². The Hall–Kier alpha value is -3.94. The molecule has 0 saturated carbocycles. The number of phenols is 2. The molecule has 4 N–H and O–H groups in total. The summed E-state index contributed by atoms with van der Waals surface area (Å²) in [6, 6.07) is 22.7. The highest BCUT2D eigenvalue weighted by Gasteiger charge is 2.53. The Kier molecular flexibility index (Phi) is 4.20. The largest absolute Gasteiger partial charge is 0.508 e. The molecule has 0 radical (unpaired) electrons. The van der Waals surface area contributed by atoms with Gasteiger partial charge in [-0.25, -0.2) is 4.79 Å². The second-order valence-electron chi connectivity index (χ2n) is 7.91. The first kappa shape index (κ1) is 19.7. The second-order valence-corrected chi connectivity index (χ2v) is 8.58. The second kappa shape index (κ2) is 7.03. The summed E-state index contributed by atoms with van der Waals surface area (Å²) >= 11 is 1.15. The molecule has 0 atom stereocenters. The monoisotopic (exact) mass is 455 g/mol. The number of aromatic hydroxyl groups is 2. The molecule has 4 aromatic carbocycles. The number of carbonyl (C=O) groups excluding carboxylic acids is 1. The summed E-state index contributed by atoms with van der Waals surface area (Å²) in [5.41, 5.74) is 2.79. The Morgan fingerprint density at radius 3 is 2.06 bits per heavy atom. The molecule has 0 unspecified atom stereocenters. The van der Waals surface area contributed by atoms with Gasteiger partial charge in [-0.1, -0.05) is 30.3 Å². The predicted molar refractivity (Wildman–Crippen MR) is 124 cm³/mol. The molecule has 2 aliphatic rings. The smallest absolute Gasteiger partial charge is 0.340 e. The van der Waals surface area contributed by atoms with E-state index in [2.05, 4.69) is 0 Å². The minimum Gasteiger partial charge on any atom is -0.508 e. The highest BCUT2D eigenvalue weighted by atomic mass is 32.2. The van der Waals surface area contributed by atoms with Gasteiger partial charge in [0.1, 0.15) is 23.0 Å². The number of benzene rings is 4. The SMILES string of the molecule is NSc1ccccc1-c1ccc2c(c1)C(=O)OC21c2ccc(O)cc2Oc2cc(O)ccc21. The maximum Gasteiger partial charge on any atom is 0.340 e. The zero-order valence-corrected chi connectivity index (χ0v) is 17.9. The lowest BCUT2D eigenvalue weighted by molar-refractivity contribution is 0.0224. The normalized spacial score (nSPS) is 14.8. The molecule has 2 heterocycles. The van der Waals surface area contributed by atoms with Crippen LogP contribution in [0.1, 0.15) is 27.0 Å². The van der Waals surface area contributed by atoms with Crippen molar-refractivity contribution in [1.29, 1.82) is 0 Å². The summed E-state index contributed by atoms with van der Waals surface area (Å²) in [6.45, 7) is 0. The van der Waals surface area contributed by atoms with Crippen molar-refractivity contribution >= 4 is 17.9 Å². The molecule has 2 aliphatic heterocycles. The molecule has 6 nitrogen and oxygen atoms in total. The number of fused-ring (bicyclic) bond motifs is 6. The molecule has 0 aromatic heterocycles. The van der Waals surface area contributed by atoms with Gasteiger partial charge in [0, 0.05) is 33.7 Å². The number of esters is 1. The maximum absolute atomic E-state index is 13.2. The third-order valence-corrected chi connectivity index (χ3v) is 6.71. The van der Waals surface area contributed by atoms with Crippen LogP contribution >= 0.6 is 11.9 Å². The molecule has 4 aromatic rings. The molecule has 6 rings (SSSR count). The minimum absolute atomic E-state index is 0.0169. The van der Waals surface area contributed by atoms with E-state index in [0.717, 1.165) is 28.0 Å². The van der Waals surface area contributed by atoms with Gasteiger partial charge in [0.2, 0.25) is 0 Å². The molecule has 0 fully saturated rings. The number of phenolic OH excluding ortho intramolecular Hbond substituents is 2. The van der Waals surface area contributed by atoms with Crippen LogP contribution in [0.2, 0.25) is 0 Å². The molecular weight excluding hydrogens is 438 g/mol. The van der Waals surface area contributed by atoms with Crippen LogP contribution in [-0.2, 0) is 10.3 Å². The summed E-state index contributed by atoms with van der Waals surface area (Å²) in [5.74, 6) is 0.265. The van der Waals surface area contributed by atoms with E-state index in [9.17, 15) is 15.0 Å². The number of carbonyl (C=O) groups is 1. The summed E-state index contributed by atoms with van der Waals surface area (Å²) in [6.07, 6.45) is 0. The fourth-order valence-electron chi connectivity index (χ4n) is 4.68. The fourth-order valence-corrected chi connectivity index (χ4v) is 5.15. The number of hydrogen-bond donors (Lipinski definition) is 3. The van der Waals surface area contributed by atoms with Crippen LogP contribution in [0, 0.1) is 0 Å². The molecule has 0 aliphatic carbocycles. The van der Waals surface area contributed by atoms with Crippen molar-refractivity contribution < 1.29 is 24.5 Å². The zero-order valence-electron chi connectivity index (χ0n) is 17.1. The lowest BCUT2D eigenvalue weighted by Gasteiger charge is -2.36. The quantitative estimate of drug-likeness (QED) is 0.278. The van der Waals surface area contributed by atoms with E-state index in [1.165, 1.54) is 24.3 Å². The van der Waals surface area contributed by atoms with E-state index in [4.69, 9.17) is 14.6 Å². The lowest BCUT2D eigenvalue weighted by atomic mass is 9.77.